The van der Waals surface area contributed by atoms with E-state index in [-0.39, 0.29) is 17.4 Å². The van der Waals surface area contributed by atoms with Gasteiger partial charge in [0, 0.05) is 11.2 Å². The first-order chi connectivity index (χ1) is 10.9. The SMILES string of the molecule is NC1=NC2(CCCCC2)N(c2ccc(F)c(B(O)O)c2)C(N)=N1. The van der Waals surface area contributed by atoms with Gasteiger partial charge in [-0.2, -0.15) is 4.99 Å². The fourth-order valence-corrected chi connectivity index (χ4v) is 3.36. The van der Waals surface area contributed by atoms with Gasteiger partial charge in [0.1, 0.15) is 11.5 Å². The highest BCUT2D eigenvalue weighted by molar-refractivity contribution is 6.58. The highest BCUT2D eigenvalue weighted by Crippen LogP contribution is 2.39. The van der Waals surface area contributed by atoms with Crippen molar-refractivity contribution < 1.29 is 14.4 Å². The van der Waals surface area contributed by atoms with E-state index in [2.05, 4.69) is 9.98 Å². The van der Waals surface area contributed by atoms with Crippen LogP contribution in [0.5, 0.6) is 0 Å². The molecule has 23 heavy (non-hydrogen) atoms. The molecule has 0 unspecified atom stereocenters. The second-order valence-corrected chi connectivity index (χ2v) is 5.90. The summed E-state index contributed by atoms with van der Waals surface area (Å²) in [7, 11) is -1.91. The van der Waals surface area contributed by atoms with Gasteiger partial charge in [0.2, 0.25) is 11.9 Å². The number of guanidine groups is 2. The highest BCUT2D eigenvalue weighted by atomic mass is 19.1. The lowest BCUT2D eigenvalue weighted by molar-refractivity contribution is 0.305. The molecule has 0 aromatic heterocycles. The van der Waals surface area contributed by atoms with Gasteiger partial charge in [-0.3, -0.25) is 4.90 Å². The Morgan fingerprint density at radius 1 is 1.17 bits per heavy atom. The minimum absolute atomic E-state index is 0.130. The maximum absolute atomic E-state index is 13.7. The molecule has 1 heterocycles. The Morgan fingerprint density at radius 3 is 2.52 bits per heavy atom. The second kappa shape index (κ2) is 5.82. The molecular formula is C14H19BFN5O2. The van der Waals surface area contributed by atoms with Crippen molar-refractivity contribution in [3.8, 4) is 0 Å². The van der Waals surface area contributed by atoms with E-state index in [0.717, 1.165) is 32.1 Å². The third kappa shape index (κ3) is 2.77. The Labute approximate surface area is 133 Å². The maximum Gasteiger partial charge on any atom is 0.491 e. The molecule has 0 atom stereocenters. The summed E-state index contributed by atoms with van der Waals surface area (Å²) in [5, 5.41) is 18.7. The van der Waals surface area contributed by atoms with Crippen LogP contribution < -0.4 is 21.8 Å². The predicted molar refractivity (Wildman–Crippen MR) is 87.8 cm³/mol. The third-order valence-corrected chi connectivity index (χ3v) is 4.37. The summed E-state index contributed by atoms with van der Waals surface area (Å²) in [4.78, 5) is 10.2. The summed E-state index contributed by atoms with van der Waals surface area (Å²) in [6.45, 7) is 0. The lowest BCUT2D eigenvalue weighted by Crippen LogP contribution is -2.58. The maximum atomic E-state index is 13.7. The standard InChI is InChI=1S/C14H19BFN5O2/c16-11-5-4-9(8-10(11)15(22)23)21-13(18)19-12(17)20-14(21)6-2-1-3-7-14/h4-5,8,22-23H,1-3,6-7H2,(H4,17,18,19,20). The number of hydrogen-bond donors (Lipinski definition) is 4. The van der Waals surface area contributed by atoms with Gasteiger partial charge in [-0.25, -0.2) is 9.38 Å². The van der Waals surface area contributed by atoms with E-state index in [1.54, 1.807) is 4.90 Å². The minimum atomic E-state index is -1.91. The Kier molecular flexibility index (Phi) is 3.99. The Balaban J connectivity index is 2.09. The summed E-state index contributed by atoms with van der Waals surface area (Å²) >= 11 is 0. The molecule has 2 aliphatic rings. The molecule has 1 aromatic rings. The molecule has 122 valence electrons. The molecule has 1 fully saturated rings. The first-order valence-electron chi connectivity index (χ1n) is 7.58. The van der Waals surface area contributed by atoms with Crippen molar-refractivity contribution in [3.63, 3.8) is 0 Å². The van der Waals surface area contributed by atoms with Crippen LogP contribution in [0.2, 0.25) is 0 Å². The van der Waals surface area contributed by atoms with Gasteiger partial charge in [0.15, 0.2) is 0 Å². The van der Waals surface area contributed by atoms with E-state index >= 15 is 0 Å². The first-order valence-corrected chi connectivity index (χ1v) is 7.58. The van der Waals surface area contributed by atoms with Crippen molar-refractivity contribution in [2.75, 3.05) is 4.90 Å². The molecule has 0 radical (unpaired) electrons. The van der Waals surface area contributed by atoms with Gasteiger partial charge in [-0.1, -0.05) is 6.42 Å². The Morgan fingerprint density at radius 2 is 1.87 bits per heavy atom. The quantitative estimate of drug-likeness (QED) is 0.554. The van der Waals surface area contributed by atoms with E-state index in [1.165, 1.54) is 18.2 Å². The van der Waals surface area contributed by atoms with E-state index in [9.17, 15) is 14.4 Å². The van der Waals surface area contributed by atoms with E-state index < -0.39 is 18.6 Å². The molecule has 1 aromatic carbocycles. The summed E-state index contributed by atoms with van der Waals surface area (Å²) in [6, 6.07) is 4.06. The normalized spacial score (nSPS) is 20.2. The second-order valence-electron chi connectivity index (χ2n) is 5.90. The van der Waals surface area contributed by atoms with E-state index in [0.29, 0.717) is 5.69 Å². The number of aliphatic imine (C=N–C) groups is 2. The van der Waals surface area contributed by atoms with E-state index in [4.69, 9.17) is 11.5 Å². The zero-order valence-corrected chi connectivity index (χ0v) is 12.6. The summed E-state index contributed by atoms with van der Waals surface area (Å²) in [6.07, 6.45) is 4.54. The number of anilines is 1. The van der Waals surface area contributed by atoms with Crippen molar-refractivity contribution in [1.82, 2.24) is 0 Å². The van der Waals surface area contributed by atoms with Crippen LogP contribution in [0.15, 0.2) is 28.2 Å². The van der Waals surface area contributed by atoms with Gasteiger partial charge < -0.3 is 21.5 Å². The van der Waals surface area contributed by atoms with Gasteiger partial charge in [-0.15, -0.1) is 0 Å². The van der Waals surface area contributed by atoms with Crippen LogP contribution in [-0.2, 0) is 0 Å². The highest BCUT2D eigenvalue weighted by Gasteiger charge is 2.42. The molecule has 1 spiro atoms. The molecule has 1 aliphatic heterocycles. The van der Waals surface area contributed by atoms with Crippen LogP contribution in [-0.4, -0.2) is 34.7 Å². The molecule has 0 bridgehead atoms. The summed E-state index contributed by atoms with van der Waals surface area (Å²) in [5.41, 5.74) is 11.5. The van der Waals surface area contributed by atoms with Crippen LogP contribution in [0.1, 0.15) is 32.1 Å². The van der Waals surface area contributed by atoms with E-state index in [1.807, 2.05) is 0 Å². The van der Waals surface area contributed by atoms with Crippen LogP contribution in [0.4, 0.5) is 10.1 Å². The van der Waals surface area contributed by atoms with Crippen LogP contribution in [0.25, 0.3) is 0 Å². The number of benzene rings is 1. The Bertz CT molecular complexity index is 673. The number of rotatable bonds is 2. The van der Waals surface area contributed by atoms with Crippen molar-refractivity contribution in [2.24, 2.45) is 21.5 Å². The molecule has 9 heteroatoms. The zero-order valence-electron chi connectivity index (χ0n) is 12.6. The average molecular weight is 319 g/mol. The Hall–Kier alpha value is -2.13. The van der Waals surface area contributed by atoms with Gasteiger partial charge in [0.05, 0.1) is 0 Å². The number of nitrogens with two attached hydrogens (primary N) is 2. The molecule has 6 N–H and O–H groups in total. The average Bonchev–Trinajstić information content (AvgIpc) is 2.48. The first kappa shape index (κ1) is 15.8. The fraction of sp³-hybridized carbons (Fsp3) is 0.429. The number of nitrogens with zero attached hydrogens (tertiary/aromatic N) is 3. The molecule has 7 nitrogen and oxygen atoms in total. The van der Waals surface area contributed by atoms with Crippen molar-refractivity contribution >= 4 is 30.2 Å². The topological polar surface area (TPSA) is 120 Å². The third-order valence-electron chi connectivity index (χ3n) is 4.37. The molecule has 0 saturated heterocycles. The smallest absolute Gasteiger partial charge is 0.423 e. The van der Waals surface area contributed by atoms with Crippen molar-refractivity contribution in [3.05, 3.63) is 24.0 Å². The van der Waals surface area contributed by atoms with Crippen LogP contribution in [0, 0.1) is 5.82 Å². The van der Waals surface area contributed by atoms with Crippen molar-refractivity contribution in [2.45, 2.75) is 37.8 Å². The molecule has 0 amide bonds. The van der Waals surface area contributed by atoms with Gasteiger partial charge >= 0.3 is 7.12 Å². The molecule has 1 aliphatic carbocycles. The monoisotopic (exact) mass is 319 g/mol. The minimum Gasteiger partial charge on any atom is -0.423 e. The largest absolute Gasteiger partial charge is 0.491 e. The fourth-order valence-electron chi connectivity index (χ4n) is 3.36. The van der Waals surface area contributed by atoms with Crippen LogP contribution >= 0.6 is 0 Å². The van der Waals surface area contributed by atoms with Gasteiger partial charge in [-0.05, 0) is 43.9 Å². The summed E-state index contributed by atoms with van der Waals surface area (Å²) in [5.74, 6) is -0.397. The summed E-state index contributed by atoms with van der Waals surface area (Å²) < 4.78 is 13.7. The number of halogens is 1. The predicted octanol–water partition coefficient (Wildman–Crippen LogP) is -0.385. The molecule has 3 rings (SSSR count). The zero-order chi connectivity index (χ0) is 16.6. The molecule has 1 saturated carbocycles. The number of hydrogen-bond acceptors (Lipinski definition) is 7. The lowest BCUT2D eigenvalue weighted by Gasteiger charge is -2.45. The van der Waals surface area contributed by atoms with Crippen LogP contribution in [0.3, 0.4) is 0 Å². The van der Waals surface area contributed by atoms with Gasteiger partial charge in [0.25, 0.3) is 0 Å². The lowest BCUT2D eigenvalue weighted by atomic mass is 9.79. The molecular weight excluding hydrogens is 300 g/mol. The van der Waals surface area contributed by atoms with Crippen molar-refractivity contribution in [1.29, 1.82) is 0 Å².